The van der Waals surface area contributed by atoms with Gasteiger partial charge in [-0.15, -0.1) is 0 Å². The highest BCUT2D eigenvalue weighted by Crippen LogP contribution is 2.19. The number of hydrazone groups is 1. The van der Waals surface area contributed by atoms with Crippen LogP contribution >= 0.6 is 0 Å². The number of fused-ring (bicyclic) bond motifs is 1. The first-order chi connectivity index (χ1) is 13.1. The number of para-hydroxylation sites is 1. The van der Waals surface area contributed by atoms with E-state index in [9.17, 15) is 9.59 Å². The van der Waals surface area contributed by atoms with Crippen molar-refractivity contribution in [2.75, 3.05) is 5.32 Å². The van der Waals surface area contributed by atoms with E-state index in [0.29, 0.717) is 11.3 Å². The number of anilines is 1. The lowest BCUT2D eigenvalue weighted by atomic mass is 10.2. The molecule has 2 N–H and O–H groups in total. The van der Waals surface area contributed by atoms with Crippen LogP contribution in [-0.4, -0.2) is 22.6 Å². The van der Waals surface area contributed by atoms with Crippen molar-refractivity contribution >= 4 is 34.6 Å². The van der Waals surface area contributed by atoms with Crippen LogP contribution in [0.4, 0.5) is 5.69 Å². The van der Waals surface area contributed by atoms with E-state index in [-0.39, 0.29) is 18.4 Å². The number of amides is 2. The number of nitriles is 1. The summed E-state index contributed by atoms with van der Waals surface area (Å²) >= 11 is 0. The maximum absolute atomic E-state index is 12.2. The zero-order chi connectivity index (χ0) is 19.2. The monoisotopic (exact) mass is 359 g/mol. The number of hydrogen-bond donors (Lipinski definition) is 2. The van der Waals surface area contributed by atoms with Gasteiger partial charge in [-0.3, -0.25) is 9.59 Å². The second kappa shape index (κ2) is 7.97. The van der Waals surface area contributed by atoms with Crippen molar-refractivity contribution in [3.8, 4) is 6.07 Å². The molecule has 0 fully saturated rings. The second-order valence-electron chi connectivity index (χ2n) is 5.85. The fourth-order valence-corrected chi connectivity index (χ4v) is 2.72. The highest BCUT2D eigenvalue weighted by molar-refractivity contribution is 6.00. The van der Waals surface area contributed by atoms with E-state index in [0.717, 1.165) is 16.5 Å². The van der Waals surface area contributed by atoms with Gasteiger partial charge in [0.2, 0.25) is 5.91 Å². The number of hydrogen-bond acceptors (Lipinski definition) is 4. The normalized spacial score (nSPS) is 10.7. The molecule has 3 rings (SSSR count). The van der Waals surface area contributed by atoms with E-state index < -0.39 is 0 Å². The summed E-state index contributed by atoms with van der Waals surface area (Å²) in [6.07, 6.45) is 3.38. The van der Waals surface area contributed by atoms with Gasteiger partial charge in [-0.25, -0.2) is 5.43 Å². The molecule has 0 saturated heterocycles. The average Bonchev–Trinajstić information content (AvgIpc) is 3.00. The number of carbonyl (C=O) groups excluding carboxylic acids is 2. The molecular weight excluding hydrogens is 342 g/mol. The highest BCUT2D eigenvalue weighted by atomic mass is 16.2. The van der Waals surface area contributed by atoms with Gasteiger partial charge in [-0.1, -0.05) is 18.2 Å². The molecule has 7 nitrogen and oxygen atoms in total. The minimum Gasteiger partial charge on any atom is -0.333 e. The molecule has 27 heavy (non-hydrogen) atoms. The summed E-state index contributed by atoms with van der Waals surface area (Å²) < 4.78 is 1.83. The molecule has 0 radical (unpaired) electrons. The third kappa shape index (κ3) is 4.19. The van der Waals surface area contributed by atoms with E-state index in [1.165, 1.54) is 6.92 Å². The Kier molecular flexibility index (Phi) is 5.28. The Morgan fingerprint density at radius 3 is 2.63 bits per heavy atom. The summed E-state index contributed by atoms with van der Waals surface area (Å²) in [5, 5.41) is 16.6. The Balaban J connectivity index is 1.72. The summed E-state index contributed by atoms with van der Waals surface area (Å²) in [5.41, 5.74) is 5.26. The average molecular weight is 359 g/mol. The molecule has 0 unspecified atom stereocenters. The third-order valence-corrected chi connectivity index (χ3v) is 3.90. The van der Waals surface area contributed by atoms with Gasteiger partial charge in [0.15, 0.2) is 0 Å². The van der Waals surface area contributed by atoms with Gasteiger partial charge >= 0.3 is 0 Å². The molecule has 3 aromatic rings. The topological polar surface area (TPSA) is 99.3 Å². The lowest BCUT2D eigenvalue weighted by molar-refractivity contribution is -0.114. The predicted octanol–water partition coefficient (Wildman–Crippen LogP) is 2.89. The molecule has 2 amide bonds. The number of nitrogens with zero attached hydrogens (tertiary/aromatic N) is 3. The summed E-state index contributed by atoms with van der Waals surface area (Å²) in [4.78, 5) is 23.2. The zero-order valence-corrected chi connectivity index (χ0v) is 14.6. The smallest absolute Gasteiger partial charge is 0.271 e. The Hall–Kier alpha value is -3.92. The minimum absolute atomic E-state index is 0.174. The van der Waals surface area contributed by atoms with Crippen molar-refractivity contribution in [3.05, 3.63) is 65.9 Å². The van der Waals surface area contributed by atoms with Crippen molar-refractivity contribution < 1.29 is 9.59 Å². The van der Waals surface area contributed by atoms with Crippen LogP contribution in [0.15, 0.2) is 59.8 Å². The molecule has 0 aliphatic heterocycles. The number of nitrogens with one attached hydrogen (secondary N) is 2. The highest BCUT2D eigenvalue weighted by Gasteiger charge is 2.07. The van der Waals surface area contributed by atoms with E-state index in [4.69, 9.17) is 5.26 Å². The standard InChI is InChI=1S/C20H17N5O2/c1-14(26)23-17-8-6-15(7-9-17)20(27)24-22-12-16-13-25(11-10-21)19-5-3-2-4-18(16)19/h2-9,12-13H,11H2,1H3,(H,23,26)(H,24,27)/b22-12-. The van der Waals surface area contributed by atoms with Crippen molar-refractivity contribution in [2.45, 2.75) is 13.5 Å². The number of aromatic nitrogens is 1. The predicted molar refractivity (Wildman–Crippen MR) is 103 cm³/mol. The van der Waals surface area contributed by atoms with Crippen molar-refractivity contribution in [2.24, 2.45) is 5.10 Å². The molecule has 0 bridgehead atoms. The lowest BCUT2D eigenvalue weighted by Gasteiger charge is -2.03. The molecule has 0 aliphatic carbocycles. The summed E-state index contributed by atoms with van der Waals surface area (Å²) in [7, 11) is 0. The van der Waals surface area contributed by atoms with Crippen LogP contribution in [0, 0.1) is 11.3 Å². The van der Waals surface area contributed by atoms with Gasteiger partial charge in [0.25, 0.3) is 5.91 Å². The Labute approximate surface area is 155 Å². The molecule has 7 heteroatoms. The molecule has 1 aromatic heterocycles. The first kappa shape index (κ1) is 17.9. The summed E-state index contributed by atoms with van der Waals surface area (Å²) in [5.74, 6) is -0.534. The van der Waals surface area contributed by atoms with Gasteiger partial charge in [0.1, 0.15) is 6.54 Å². The molecule has 0 spiro atoms. The van der Waals surface area contributed by atoms with Crippen LogP contribution in [0.1, 0.15) is 22.8 Å². The minimum atomic E-state index is -0.360. The van der Waals surface area contributed by atoms with Gasteiger partial charge in [-0.05, 0) is 30.3 Å². The Bertz CT molecular complexity index is 1060. The lowest BCUT2D eigenvalue weighted by Crippen LogP contribution is -2.17. The number of carbonyl (C=O) groups is 2. The van der Waals surface area contributed by atoms with Gasteiger partial charge in [0.05, 0.1) is 12.3 Å². The SMILES string of the molecule is CC(=O)Nc1ccc(C(=O)N/N=C\c2cn(CC#N)c3ccccc23)cc1. The van der Waals surface area contributed by atoms with E-state index in [2.05, 4.69) is 21.9 Å². The van der Waals surface area contributed by atoms with Crippen LogP contribution in [0.2, 0.25) is 0 Å². The van der Waals surface area contributed by atoms with Crippen LogP contribution in [0.3, 0.4) is 0 Å². The van der Waals surface area contributed by atoms with Crippen molar-refractivity contribution in [1.82, 2.24) is 9.99 Å². The number of benzene rings is 2. The van der Waals surface area contributed by atoms with Crippen molar-refractivity contribution in [1.29, 1.82) is 5.26 Å². The fraction of sp³-hybridized carbons (Fsp3) is 0.100. The first-order valence-corrected chi connectivity index (χ1v) is 8.24. The first-order valence-electron chi connectivity index (χ1n) is 8.24. The molecule has 0 atom stereocenters. The molecule has 1 heterocycles. The van der Waals surface area contributed by atoms with Crippen LogP contribution in [0.25, 0.3) is 10.9 Å². The summed E-state index contributed by atoms with van der Waals surface area (Å²) in [6.45, 7) is 1.66. The second-order valence-corrected chi connectivity index (χ2v) is 5.85. The van der Waals surface area contributed by atoms with Crippen LogP contribution in [-0.2, 0) is 11.3 Å². The zero-order valence-electron chi connectivity index (χ0n) is 14.6. The molecular formula is C20H17N5O2. The van der Waals surface area contributed by atoms with E-state index >= 15 is 0 Å². The fourth-order valence-electron chi connectivity index (χ4n) is 2.72. The van der Waals surface area contributed by atoms with Gasteiger partial charge < -0.3 is 9.88 Å². The van der Waals surface area contributed by atoms with E-state index in [1.807, 2.05) is 35.0 Å². The van der Waals surface area contributed by atoms with Crippen LogP contribution in [0.5, 0.6) is 0 Å². The largest absolute Gasteiger partial charge is 0.333 e. The van der Waals surface area contributed by atoms with Gasteiger partial charge in [-0.2, -0.15) is 10.4 Å². The molecule has 0 saturated carbocycles. The quantitative estimate of drug-likeness (QED) is 0.541. The third-order valence-electron chi connectivity index (χ3n) is 3.90. The molecule has 2 aromatic carbocycles. The van der Waals surface area contributed by atoms with Gasteiger partial charge in [0, 0.05) is 40.8 Å². The maximum Gasteiger partial charge on any atom is 0.271 e. The summed E-state index contributed by atoms with van der Waals surface area (Å²) in [6, 6.07) is 16.3. The Morgan fingerprint density at radius 1 is 1.19 bits per heavy atom. The van der Waals surface area contributed by atoms with Crippen molar-refractivity contribution in [3.63, 3.8) is 0 Å². The maximum atomic E-state index is 12.2. The van der Waals surface area contributed by atoms with E-state index in [1.54, 1.807) is 30.5 Å². The van der Waals surface area contributed by atoms with Crippen LogP contribution < -0.4 is 10.7 Å². The molecule has 134 valence electrons. The Morgan fingerprint density at radius 2 is 1.93 bits per heavy atom. The number of rotatable bonds is 5. The molecule has 0 aliphatic rings.